The third kappa shape index (κ3) is 6.39. The molecule has 0 saturated carbocycles. The van der Waals surface area contributed by atoms with E-state index in [1.54, 1.807) is 13.8 Å². The number of ketones is 1. The summed E-state index contributed by atoms with van der Waals surface area (Å²) in [7, 11) is 0. The van der Waals surface area contributed by atoms with Crippen molar-refractivity contribution in [3.05, 3.63) is 35.9 Å². The fraction of sp³-hybridized carbons (Fsp3) is 0.438. The van der Waals surface area contributed by atoms with Gasteiger partial charge >= 0.3 is 12.1 Å². The predicted molar refractivity (Wildman–Crippen MR) is 80.1 cm³/mol. The van der Waals surface area contributed by atoms with Crippen LogP contribution in [0.1, 0.15) is 32.3 Å². The van der Waals surface area contributed by atoms with Crippen molar-refractivity contribution in [3.63, 3.8) is 0 Å². The van der Waals surface area contributed by atoms with Crippen LogP contribution >= 0.6 is 0 Å². The van der Waals surface area contributed by atoms with E-state index in [0.29, 0.717) is 6.42 Å². The van der Waals surface area contributed by atoms with Crippen LogP contribution in [0, 0.1) is 0 Å². The van der Waals surface area contributed by atoms with Gasteiger partial charge in [-0.15, -0.1) is 0 Å². The van der Waals surface area contributed by atoms with Gasteiger partial charge < -0.3 is 14.8 Å². The number of Topliss-reactive ketones (excluding diaryl/α,β-unsaturated/α-hetero) is 1. The maximum absolute atomic E-state index is 11.9. The molecule has 6 nitrogen and oxygen atoms in total. The predicted octanol–water partition coefficient (Wildman–Crippen LogP) is 2.21. The number of alkyl carbamates (subject to hydrolysis) is 1. The number of esters is 1. The second-order valence-electron chi connectivity index (χ2n) is 4.62. The third-order valence-corrected chi connectivity index (χ3v) is 2.93. The number of amides is 1. The lowest BCUT2D eigenvalue weighted by Crippen LogP contribution is -2.41. The van der Waals surface area contributed by atoms with Crippen molar-refractivity contribution in [2.24, 2.45) is 0 Å². The first-order chi connectivity index (χ1) is 10.6. The molecule has 0 aliphatic rings. The molecule has 22 heavy (non-hydrogen) atoms. The van der Waals surface area contributed by atoms with Gasteiger partial charge in [0.05, 0.1) is 12.6 Å². The van der Waals surface area contributed by atoms with E-state index < -0.39 is 23.9 Å². The number of nitrogens with one attached hydrogen (secondary N) is 1. The van der Waals surface area contributed by atoms with E-state index in [0.717, 1.165) is 5.56 Å². The highest BCUT2D eigenvalue weighted by Crippen LogP contribution is 2.03. The molecule has 1 unspecified atom stereocenters. The molecule has 0 fully saturated rings. The molecule has 1 aromatic rings. The first-order valence-electron chi connectivity index (χ1n) is 7.22. The lowest BCUT2D eigenvalue weighted by atomic mass is 10.1. The van der Waals surface area contributed by atoms with E-state index in [-0.39, 0.29) is 19.6 Å². The Bertz CT molecular complexity index is 501. The van der Waals surface area contributed by atoms with Gasteiger partial charge in [-0.3, -0.25) is 9.59 Å². The maximum Gasteiger partial charge on any atom is 0.408 e. The lowest BCUT2D eigenvalue weighted by Gasteiger charge is -2.15. The van der Waals surface area contributed by atoms with E-state index in [9.17, 15) is 14.4 Å². The zero-order valence-corrected chi connectivity index (χ0v) is 12.8. The fourth-order valence-corrected chi connectivity index (χ4v) is 1.79. The molecule has 0 saturated heterocycles. The zero-order valence-electron chi connectivity index (χ0n) is 12.8. The van der Waals surface area contributed by atoms with Crippen LogP contribution in [-0.2, 0) is 25.7 Å². The molecule has 0 spiro atoms. The molecule has 1 N–H and O–H groups in total. The normalized spacial score (nSPS) is 11.4. The standard InChI is InChI=1S/C16H21NO5/c1-3-13(14(18)10-15(19)21-4-2)17-16(20)22-11-12-8-6-5-7-9-12/h5-9,13H,3-4,10-11H2,1-2H3,(H,17,20). The minimum atomic E-state index is -0.757. The number of hydrogen-bond acceptors (Lipinski definition) is 5. The molecular weight excluding hydrogens is 286 g/mol. The summed E-state index contributed by atoms with van der Waals surface area (Å²) in [6, 6.07) is 8.45. The summed E-state index contributed by atoms with van der Waals surface area (Å²) < 4.78 is 9.76. The van der Waals surface area contributed by atoms with E-state index >= 15 is 0 Å². The number of rotatable bonds is 8. The topological polar surface area (TPSA) is 81.7 Å². The molecule has 0 radical (unpaired) electrons. The van der Waals surface area contributed by atoms with Crippen molar-refractivity contribution in [1.29, 1.82) is 0 Å². The molecule has 0 aliphatic carbocycles. The van der Waals surface area contributed by atoms with Gasteiger partial charge in [0, 0.05) is 0 Å². The molecule has 0 bridgehead atoms. The summed E-state index contributed by atoms with van der Waals surface area (Å²) in [4.78, 5) is 34.9. The van der Waals surface area contributed by atoms with Crippen LogP contribution in [0.15, 0.2) is 30.3 Å². The maximum atomic E-state index is 11.9. The van der Waals surface area contributed by atoms with Gasteiger partial charge in [0.15, 0.2) is 5.78 Å². The molecule has 6 heteroatoms. The van der Waals surface area contributed by atoms with Crippen LogP contribution in [0.5, 0.6) is 0 Å². The molecule has 1 aromatic carbocycles. The Balaban J connectivity index is 2.42. The molecule has 0 aliphatic heterocycles. The molecule has 1 atom stereocenters. The minimum Gasteiger partial charge on any atom is -0.466 e. The largest absolute Gasteiger partial charge is 0.466 e. The van der Waals surface area contributed by atoms with Gasteiger partial charge in [-0.2, -0.15) is 0 Å². The van der Waals surface area contributed by atoms with Crippen LogP contribution in [0.3, 0.4) is 0 Å². The van der Waals surface area contributed by atoms with Gasteiger partial charge in [-0.25, -0.2) is 4.79 Å². The van der Waals surface area contributed by atoms with Gasteiger partial charge in [-0.1, -0.05) is 37.3 Å². The Kier molecular flexibility index (Phi) is 7.67. The SMILES string of the molecule is CCOC(=O)CC(=O)C(CC)NC(=O)OCc1ccccc1. The summed E-state index contributed by atoms with van der Waals surface area (Å²) in [5.74, 6) is -0.983. The molecular formula is C16H21NO5. The van der Waals surface area contributed by atoms with E-state index in [1.165, 1.54) is 0 Å². The molecule has 1 amide bonds. The van der Waals surface area contributed by atoms with Crippen LogP contribution in [0.4, 0.5) is 4.79 Å². The minimum absolute atomic E-state index is 0.120. The quantitative estimate of drug-likeness (QED) is 0.588. The highest BCUT2D eigenvalue weighted by atomic mass is 16.5. The monoisotopic (exact) mass is 307 g/mol. The summed E-state index contributed by atoms with van der Waals surface area (Å²) in [5, 5.41) is 2.47. The Morgan fingerprint density at radius 3 is 2.36 bits per heavy atom. The van der Waals surface area contributed by atoms with Crippen LogP contribution in [0.25, 0.3) is 0 Å². The second-order valence-corrected chi connectivity index (χ2v) is 4.62. The number of ether oxygens (including phenoxy) is 2. The van der Waals surface area contributed by atoms with Crippen molar-refractivity contribution in [1.82, 2.24) is 5.32 Å². The number of hydrogen-bond donors (Lipinski definition) is 1. The summed E-state index contributed by atoms with van der Waals surface area (Å²) in [5.41, 5.74) is 0.851. The highest BCUT2D eigenvalue weighted by Gasteiger charge is 2.22. The number of benzene rings is 1. The first-order valence-corrected chi connectivity index (χ1v) is 7.22. The van der Waals surface area contributed by atoms with E-state index in [2.05, 4.69) is 5.32 Å². The summed E-state index contributed by atoms with van der Waals surface area (Å²) >= 11 is 0. The van der Waals surface area contributed by atoms with Crippen LogP contribution < -0.4 is 5.32 Å². The van der Waals surface area contributed by atoms with Crippen molar-refractivity contribution in [2.45, 2.75) is 39.3 Å². The van der Waals surface area contributed by atoms with Crippen molar-refractivity contribution in [2.75, 3.05) is 6.61 Å². The number of carbonyl (C=O) groups is 3. The average molecular weight is 307 g/mol. The smallest absolute Gasteiger partial charge is 0.408 e. The first kappa shape index (κ1) is 17.7. The van der Waals surface area contributed by atoms with Gasteiger partial charge in [0.1, 0.15) is 13.0 Å². The molecule has 120 valence electrons. The summed E-state index contributed by atoms with van der Waals surface area (Å²) in [6.45, 7) is 3.74. The Morgan fingerprint density at radius 2 is 1.77 bits per heavy atom. The van der Waals surface area contributed by atoms with Crippen molar-refractivity contribution < 1.29 is 23.9 Å². The zero-order chi connectivity index (χ0) is 16.4. The van der Waals surface area contributed by atoms with Gasteiger partial charge in [0.25, 0.3) is 0 Å². The lowest BCUT2D eigenvalue weighted by molar-refractivity contribution is -0.145. The fourth-order valence-electron chi connectivity index (χ4n) is 1.79. The van der Waals surface area contributed by atoms with Gasteiger partial charge in [0.2, 0.25) is 0 Å². The van der Waals surface area contributed by atoms with E-state index in [1.807, 2.05) is 30.3 Å². The van der Waals surface area contributed by atoms with Gasteiger partial charge in [-0.05, 0) is 18.9 Å². The Labute approximate surface area is 129 Å². The average Bonchev–Trinajstić information content (AvgIpc) is 2.51. The van der Waals surface area contributed by atoms with Crippen molar-refractivity contribution >= 4 is 17.8 Å². The highest BCUT2D eigenvalue weighted by molar-refractivity contribution is 5.99. The van der Waals surface area contributed by atoms with Crippen molar-refractivity contribution in [3.8, 4) is 0 Å². The Morgan fingerprint density at radius 1 is 1.09 bits per heavy atom. The Hall–Kier alpha value is -2.37. The molecule has 1 rings (SSSR count). The third-order valence-electron chi connectivity index (χ3n) is 2.93. The number of carbonyl (C=O) groups excluding carboxylic acids is 3. The molecule has 0 aromatic heterocycles. The summed E-state index contributed by atoms with van der Waals surface area (Å²) in [6.07, 6.45) is -0.669. The van der Waals surface area contributed by atoms with E-state index in [4.69, 9.17) is 9.47 Å². The van der Waals surface area contributed by atoms with Crippen LogP contribution in [0.2, 0.25) is 0 Å². The van der Waals surface area contributed by atoms with Crippen LogP contribution in [-0.4, -0.2) is 30.5 Å². The molecule has 0 heterocycles. The second kappa shape index (κ2) is 9.55.